The first-order chi connectivity index (χ1) is 7.47. The first-order valence-electron chi connectivity index (χ1n) is 4.50. The SMILES string of the molecule is NCCN.NCCN.NCCN.O=[N+]([O-])[O-].[Pt+4]. The molecule has 17 heavy (non-hydrogen) atoms. The van der Waals surface area contributed by atoms with Crippen LogP contribution in [0.5, 0.6) is 0 Å². The van der Waals surface area contributed by atoms with Crippen molar-refractivity contribution in [2.75, 3.05) is 39.3 Å². The van der Waals surface area contributed by atoms with Crippen LogP contribution >= 0.6 is 0 Å². The molecule has 12 N–H and O–H groups in total. The Kier molecular flexibility index (Phi) is 79.3. The first-order valence-corrected chi connectivity index (χ1v) is 4.50. The molecular formula is C6H24N7O3Pt+3. The number of hydrogen-bond donors (Lipinski definition) is 6. The van der Waals surface area contributed by atoms with Gasteiger partial charge in [0.25, 0.3) is 0 Å². The Hall–Kier alpha value is -0.352. The van der Waals surface area contributed by atoms with E-state index in [0.29, 0.717) is 39.3 Å². The van der Waals surface area contributed by atoms with Crippen molar-refractivity contribution in [2.24, 2.45) is 34.4 Å². The van der Waals surface area contributed by atoms with E-state index in [9.17, 15) is 0 Å². The normalized spacial score (nSPS) is 6.71. The van der Waals surface area contributed by atoms with Gasteiger partial charge < -0.3 is 49.7 Å². The van der Waals surface area contributed by atoms with E-state index in [2.05, 4.69) is 0 Å². The van der Waals surface area contributed by atoms with Gasteiger partial charge in [0, 0.05) is 39.3 Å². The van der Waals surface area contributed by atoms with Crippen LogP contribution in [0.2, 0.25) is 0 Å². The van der Waals surface area contributed by atoms with E-state index < -0.39 is 5.09 Å². The largest absolute Gasteiger partial charge is 4.00 e. The first kappa shape index (κ1) is 30.0. The van der Waals surface area contributed by atoms with Crippen LogP contribution in [-0.4, -0.2) is 44.4 Å². The Bertz CT molecular complexity index is 92.1. The predicted octanol–water partition coefficient (Wildman–Crippen LogP) is -3.53. The zero-order valence-corrected chi connectivity index (χ0v) is 12.0. The van der Waals surface area contributed by atoms with Crippen molar-refractivity contribution in [3.8, 4) is 0 Å². The van der Waals surface area contributed by atoms with Gasteiger partial charge in [-0.1, -0.05) is 0 Å². The van der Waals surface area contributed by atoms with Gasteiger partial charge in [0.05, 0.1) is 5.09 Å². The molecule has 0 unspecified atom stereocenters. The van der Waals surface area contributed by atoms with Crippen molar-refractivity contribution in [1.29, 1.82) is 0 Å². The molecule has 0 bridgehead atoms. The van der Waals surface area contributed by atoms with Crippen LogP contribution in [0.4, 0.5) is 0 Å². The van der Waals surface area contributed by atoms with Crippen molar-refractivity contribution in [1.82, 2.24) is 0 Å². The molecule has 10 nitrogen and oxygen atoms in total. The minimum Gasteiger partial charge on any atom is -0.356 e. The molecule has 0 aliphatic heterocycles. The van der Waals surface area contributed by atoms with Crippen molar-refractivity contribution in [3.05, 3.63) is 15.3 Å². The number of nitrogens with zero attached hydrogens (tertiary/aromatic N) is 1. The molecule has 0 heterocycles. The maximum atomic E-state index is 8.25. The van der Waals surface area contributed by atoms with Gasteiger partial charge in [-0.05, 0) is 0 Å². The van der Waals surface area contributed by atoms with E-state index in [-0.39, 0.29) is 21.1 Å². The monoisotopic (exact) mass is 437 g/mol. The summed E-state index contributed by atoms with van der Waals surface area (Å²) in [6.45, 7) is 3.58. The van der Waals surface area contributed by atoms with Gasteiger partial charge in [-0.25, -0.2) is 0 Å². The van der Waals surface area contributed by atoms with E-state index in [1.165, 1.54) is 0 Å². The third-order valence-corrected chi connectivity index (χ3v) is 0.500. The molecule has 0 aliphatic rings. The molecular weight excluding hydrogens is 413 g/mol. The maximum Gasteiger partial charge on any atom is 4.00 e. The minimum absolute atomic E-state index is 0. The van der Waals surface area contributed by atoms with Crippen molar-refractivity contribution < 1.29 is 26.2 Å². The molecule has 0 rings (SSSR count). The van der Waals surface area contributed by atoms with Gasteiger partial charge in [-0.3, -0.25) is 0 Å². The summed E-state index contributed by atoms with van der Waals surface area (Å²) in [4.78, 5) is 8.25. The molecule has 0 spiro atoms. The summed E-state index contributed by atoms with van der Waals surface area (Å²) in [5, 5.41) is 14.8. The Morgan fingerprint density at radius 2 is 0.706 bits per heavy atom. The summed E-state index contributed by atoms with van der Waals surface area (Å²) in [5.41, 5.74) is 29.4. The van der Waals surface area contributed by atoms with E-state index in [0.717, 1.165) is 0 Å². The summed E-state index contributed by atoms with van der Waals surface area (Å²) < 4.78 is 0. The topological polar surface area (TPSA) is 222 Å². The molecule has 0 aromatic carbocycles. The number of rotatable bonds is 3. The molecule has 0 fully saturated rings. The second kappa shape index (κ2) is 44.9. The van der Waals surface area contributed by atoms with Crippen LogP contribution in [0, 0.1) is 15.3 Å². The molecule has 0 aromatic heterocycles. The van der Waals surface area contributed by atoms with Gasteiger partial charge in [-0.15, -0.1) is 0 Å². The molecule has 11 heteroatoms. The fourth-order valence-corrected chi connectivity index (χ4v) is 0. The summed E-state index contributed by atoms with van der Waals surface area (Å²) in [6.07, 6.45) is 0. The van der Waals surface area contributed by atoms with Crippen LogP contribution in [0.1, 0.15) is 0 Å². The van der Waals surface area contributed by atoms with E-state index in [1.54, 1.807) is 0 Å². The van der Waals surface area contributed by atoms with Crippen LogP contribution in [0.15, 0.2) is 0 Å². The Morgan fingerprint density at radius 3 is 0.706 bits per heavy atom. The average Bonchev–Trinajstić information content (AvgIpc) is 2.28. The van der Waals surface area contributed by atoms with Gasteiger partial charge >= 0.3 is 21.1 Å². The van der Waals surface area contributed by atoms with Gasteiger partial charge in [0.2, 0.25) is 0 Å². The van der Waals surface area contributed by atoms with Gasteiger partial charge in [0.1, 0.15) is 0 Å². The Labute approximate surface area is 115 Å². The summed E-state index contributed by atoms with van der Waals surface area (Å²) in [5.74, 6) is 0. The minimum atomic E-state index is -1.75. The second-order valence-corrected chi connectivity index (χ2v) is 1.96. The van der Waals surface area contributed by atoms with Crippen LogP contribution < -0.4 is 34.4 Å². The molecule has 0 saturated heterocycles. The quantitative estimate of drug-likeness (QED) is 0.190. The fourth-order valence-electron chi connectivity index (χ4n) is 0. The van der Waals surface area contributed by atoms with E-state index in [4.69, 9.17) is 49.7 Å². The second-order valence-electron chi connectivity index (χ2n) is 1.96. The summed E-state index contributed by atoms with van der Waals surface area (Å²) in [6, 6.07) is 0. The zero-order valence-electron chi connectivity index (χ0n) is 9.69. The van der Waals surface area contributed by atoms with E-state index in [1.807, 2.05) is 0 Å². The van der Waals surface area contributed by atoms with Crippen LogP contribution in [0.25, 0.3) is 0 Å². The van der Waals surface area contributed by atoms with E-state index >= 15 is 0 Å². The third-order valence-electron chi connectivity index (χ3n) is 0.500. The van der Waals surface area contributed by atoms with Crippen molar-refractivity contribution in [2.45, 2.75) is 0 Å². The zero-order chi connectivity index (χ0) is 13.8. The standard InChI is InChI=1S/3C2H8N2.NO3.Pt/c3*3-1-2-4;2-1(3)4;/h3*1-4H2;;/q;;;-1;+4. The third kappa shape index (κ3) is 416. The fraction of sp³-hybridized carbons (Fsp3) is 1.00. The summed E-state index contributed by atoms with van der Waals surface area (Å²) in [7, 11) is 0. The van der Waals surface area contributed by atoms with Crippen molar-refractivity contribution >= 4 is 0 Å². The molecule has 108 valence electrons. The molecule has 0 radical (unpaired) electrons. The molecule has 0 aromatic rings. The molecule has 0 atom stereocenters. The number of nitrogens with two attached hydrogens (primary N) is 6. The molecule has 0 amide bonds. The Balaban J connectivity index is -0.0000000369. The van der Waals surface area contributed by atoms with Gasteiger partial charge in [0.15, 0.2) is 0 Å². The average molecular weight is 437 g/mol. The Morgan fingerprint density at radius 1 is 0.647 bits per heavy atom. The van der Waals surface area contributed by atoms with Crippen molar-refractivity contribution in [3.63, 3.8) is 0 Å². The maximum absolute atomic E-state index is 8.25. The molecule has 0 aliphatic carbocycles. The summed E-state index contributed by atoms with van der Waals surface area (Å²) >= 11 is 0. The molecule has 0 saturated carbocycles. The van der Waals surface area contributed by atoms with Crippen LogP contribution in [0.3, 0.4) is 0 Å². The van der Waals surface area contributed by atoms with Gasteiger partial charge in [-0.2, -0.15) is 0 Å². The number of hydrogen-bond acceptors (Lipinski definition) is 9. The smallest absolute Gasteiger partial charge is 0.356 e. The van der Waals surface area contributed by atoms with Crippen LogP contribution in [-0.2, 0) is 21.1 Å². The predicted molar refractivity (Wildman–Crippen MR) is 64.7 cm³/mol.